The SMILES string of the molecule is COCCC(=O)N1CCC(Nc2ccnc(C)c2)CC1. The van der Waals surface area contributed by atoms with Gasteiger partial charge in [-0.3, -0.25) is 9.78 Å². The Morgan fingerprint density at radius 3 is 2.90 bits per heavy atom. The second-order valence-electron chi connectivity index (χ2n) is 5.23. The number of aryl methyl sites for hydroxylation is 1. The molecule has 0 radical (unpaired) electrons. The Bertz CT molecular complexity index is 442. The highest BCUT2D eigenvalue weighted by Crippen LogP contribution is 2.17. The molecule has 2 rings (SSSR count). The number of pyridine rings is 1. The molecule has 0 saturated carbocycles. The second-order valence-corrected chi connectivity index (χ2v) is 5.23. The van der Waals surface area contributed by atoms with E-state index >= 15 is 0 Å². The minimum Gasteiger partial charge on any atom is -0.384 e. The van der Waals surface area contributed by atoms with Gasteiger partial charge in [0.15, 0.2) is 0 Å². The van der Waals surface area contributed by atoms with Gasteiger partial charge in [0.2, 0.25) is 5.91 Å². The molecule has 1 aliphatic heterocycles. The first-order valence-corrected chi connectivity index (χ1v) is 7.15. The van der Waals surface area contributed by atoms with Crippen molar-refractivity contribution in [2.24, 2.45) is 0 Å². The number of hydrogen-bond donors (Lipinski definition) is 1. The normalized spacial score (nSPS) is 16.2. The number of carbonyl (C=O) groups excluding carboxylic acids is 1. The highest BCUT2D eigenvalue weighted by atomic mass is 16.5. The summed E-state index contributed by atoms with van der Waals surface area (Å²) in [6.45, 7) is 4.14. The fourth-order valence-electron chi connectivity index (χ4n) is 2.49. The number of anilines is 1. The van der Waals surface area contributed by atoms with Crippen molar-refractivity contribution in [2.45, 2.75) is 32.2 Å². The Balaban J connectivity index is 1.78. The third-order valence-electron chi connectivity index (χ3n) is 3.64. The van der Waals surface area contributed by atoms with E-state index in [2.05, 4.69) is 16.4 Å². The lowest BCUT2D eigenvalue weighted by atomic mass is 10.0. The number of aromatic nitrogens is 1. The number of hydrogen-bond acceptors (Lipinski definition) is 4. The zero-order valence-electron chi connectivity index (χ0n) is 12.3. The summed E-state index contributed by atoms with van der Waals surface area (Å²) < 4.78 is 4.95. The summed E-state index contributed by atoms with van der Waals surface area (Å²) in [5, 5.41) is 3.52. The van der Waals surface area contributed by atoms with Gasteiger partial charge in [-0.1, -0.05) is 0 Å². The molecular formula is C15H23N3O2. The van der Waals surface area contributed by atoms with Crippen LogP contribution in [0.3, 0.4) is 0 Å². The van der Waals surface area contributed by atoms with Crippen LogP contribution in [0.25, 0.3) is 0 Å². The number of piperidine rings is 1. The molecule has 0 unspecified atom stereocenters. The summed E-state index contributed by atoms with van der Waals surface area (Å²) in [7, 11) is 1.63. The Labute approximate surface area is 120 Å². The molecule has 20 heavy (non-hydrogen) atoms. The fraction of sp³-hybridized carbons (Fsp3) is 0.600. The molecule has 1 fully saturated rings. The van der Waals surface area contributed by atoms with Crippen molar-refractivity contribution < 1.29 is 9.53 Å². The summed E-state index contributed by atoms with van der Waals surface area (Å²) in [4.78, 5) is 18.0. The monoisotopic (exact) mass is 277 g/mol. The van der Waals surface area contributed by atoms with E-state index in [9.17, 15) is 4.79 Å². The first-order chi connectivity index (χ1) is 9.69. The van der Waals surface area contributed by atoms with Crippen molar-refractivity contribution in [3.8, 4) is 0 Å². The summed E-state index contributed by atoms with van der Waals surface area (Å²) >= 11 is 0. The van der Waals surface area contributed by atoms with Gasteiger partial charge in [0, 0.05) is 43.8 Å². The molecule has 1 saturated heterocycles. The van der Waals surface area contributed by atoms with Gasteiger partial charge in [0.25, 0.3) is 0 Å². The van der Waals surface area contributed by atoms with Gasteiger partial charge in [0.05, 0.1) is 13.0 Å². The zero-order chi connectivity index (χ0) is 14.4. The van der Waals surface area contributed by atoms with Crippen LogP contribution in [0, 0.1) is 6.92 Å². The smallest absolute Gasteiger partial charge is 0.224 e. The molecule has 2 heterocycles. The maximum absolute atomic E-state index is 11.9. The van der Waals surface area contributed by atoms with Gasteiger partial charge < -0.3 is 15.0 Å². The van der Waals surface area contributed by atoms with E-state index in [0.717, 1.165) is 37.3 Å². The van der Waals surface area contributed by atoms with Crippen LogP contribution in [0.5, 0.6) is 0 Å². The first-order valence-electron chi connectivity index (χ1n) is 7.15. The van der Waals surface area contributed by atoms with E-state index < -0.39 is 0 Å². The molecular weight excluding hydrogens is 254 g/mol. The van der Waals surface area contributed by atoms with Crippen molar-refractivity contribution >= 4 is 11.6 Å². The van der Waals surface area contributed by atoms with Crippen molar-refractivity contribution in [3.63, 3.8) is 0 Å². The molecule has 1 aromatic rings. The Morgan fingerprint density at radius 1 is 1.50 bits per heavy atom. The molecule has 110 valence electrons. The van der Waals surface area contributed by atoms with E-state index in [1.807, 2.05) is 24.1 Å². The molecule has 5 heteroatoms. The van der Waals surface area contributed by atoms with Gasteiger partial charge in [-0.25, -0.2) is 0 Å². The average molecular weight is 277 g/mol. The largest absolute Gasteiger partial charge is 0.384 e. The fourth-order valence-corrected chi connectivity index (χ4v) is 2.49. The van der Waals surface area contributed by atoms with E-state index in [1.54, 1.807) is 7.11 Å². The lowest BCUT2D eigenvalue weighted by molar-refractivity contribution is -0.133. The topological polar surface area (TPSA) is 54.5 Å². The number of ether oxygens (including phenoxy) is 1. The first kappa shape index (κ1) is 14.8. The van der Waals surface area contributed by atoms with E-state index in [4.69, 9.17) is 4.74 Å². The Hall–Kier alpha value is -1.62. The van der Waals surface area contributed by atoms with Gasteiger partial charge >= 0.3 is 0 Å². The van der Waals surface area contributed by atoms with Crippen molar-refractivity contribution in [1.29, 1.82) is 0 Å². The van der Waals surface area contributed by atoms with E-state index in [0.29, 0.717) is 19.1 Å². The van der Waals surface area contributed by atoms with Crippen LogP contribution in [-0.4, -0.2) is 48.6 Å². The minimum absolute atomic E-state index is 0.199. The summed E-state index contributed by atoms with van der Waals surface area (Å²) in [6.07, 6.45) is 4.28. The van der Waals surface area contributed by atoms with Crippen LogP contribution in [0.15, 0.2) is 18.3 Å². The average Bonchev–Trinajstić information content (AvgIpc) is 2.45. The predicted molar refractivity (Wildman–Crippen MR) is 78.7 cm³/mol. The van der Waals surface area contributed by atoms with E-state index in [-0.39, 0.29) is 5.91 Å². The van der Waals surface area contributed by atoms with E-state index in [1.165, 1.54) is 0 Å². The van der Waals surface area contributed by atoms with Gasteiger partial charge in [-0.2, -0.15) is 0 Å². The lowest BCUT2D eigenvalue weighted by Gasteiger charge is -2.33. The molecule has 0 aliphatic carbocycles. The minimum atomic E-state index is 0.199. The second kappa shape index (κ2) is 7.24. The van der Waals surface area contributed by atoms with Crippen molar-refractivity contribution in [3.05, 3.63) is 24.0 Å². The molecule has 1 aromatic heterocycles. The highest BCUT2D eigenvalue weighted by Gasteiger charge is 2.22. The maximum atomic E-state index is 11.9. The molecule has 1 amide bonds. The summed E-state index contributed by atoms with van der Waals surface area (Å²) in [5.74, 6) is 0.199. The number of methoxy groups -OCH3 is 1. The van der Waals surface area contributed by atoms with Gasteiger partial charge in [-0.05, 0) is 31.9 Å². The maximum Gasteiger partial charge on any atom is 0.224 e. The van der Waals surface area contributed by atoms with Crippen LogP contribution in [0.2, 0.25) is 0 Å². The summed E-state index contributed by atoms with van der Waals surface area (Å²) in [6, 6.07) is 4.47. The number of carbonyl (C=O) groups is 1. The van der Waals surface area contributed by atoms with Crippen LogP contribution < -0.4 is 5.32 Å². The predicted octanol–water partition coefficient (Wildman–Crippen LogP) is 1.83. The van der Waals surface area contributed by atoms with Crippen LogP contribution in [-0.2, 0) is 9.53 Å². The van der Waals surface area contributed by atoms with Gasteiger partial charge in [-0.15, -0.1) is 0 Å². The lowest BCUT2D eigenvalue weighted by Crippen LogP contribution is -2.42. The number of likely N-dealkylation sites (tertiary alicyclic amines) is 1. The zero-order valence-corrected chi connectivity index (χ0v) is 12.3. The number of nitrogens with zero attached hydrogens (tertiary/aromatic N) is 2. The molecule has 1 N–H and O–H groups in total. The van der Waals surface area contributed by atoms with Crippen LogP contribution in [0.1, 0.15) is 25.0 Å². The molecule has 0 bridgehead atoms. The molecule has 5 nitrogen and oxygen atoms in total. The highest BCUT2D eigenvalue weighted by molar-refractivity contribution is 5.76. The quantitative estimate of drug-likeness (QED) is 0.892. The number of rotatable bonds is 5. The number of amides is 1. The Kier molecular flexibility index (Phi) is 5.35. The van der Waals surface area contributed by atoms with Crippen LogP contribution >= 0.6 is 0 Å². The standard InChI is InChI=1S/C15H23N3O2/c1-12-11-14(3-7-16-12)17-13-4-8-18(9-5-13)15(19)6-10-20-2/h3,7,11,13H,4-6,8-10H2,1-2H3,(H,16,17). The van der Waals surface area contributed by atoms with Crippen LogP contribution in [0.4, 0.5) is 5.69 Å². The number of nitrogens with one attached hydrogen (secondary N) is 1. The van der Waals surface area contributed by atoms with Crippen molar-refractivity contribution in [1.82, 2.24) is 9.88 Å². The molecule has 0 aromatic carbocycles. The third-order valence-corrected chi connectivity index (χ3v) is 3.64. The van der Waals surface area contributed by atoms with Crippen molar-refractivity contribution in [2.75, 3.05) is 32.1 Å². The Morgan fingerprint density at radius 2 is 2.25 bits per heavy atom. The summed E-state index contributed by atoms with van der Waals surface area (Å²) in [5.41, 5.74) is 2.13. The third kappa shape index (κ3) is 4.20. The van der Waals surface area contributed by atoms with Gasteiger partial charge in [0.1, 0.15) is 0 Å². The molecule has 0 spiro atoms. The molecule has 0 atom stereocenters. The molecule has 1 aliphatic rings.